The van der Waals surface area contributed by atoms with Gasteiger partial charge in [-0.05, 0) is 31.2 Å². The number of thioether (sulfide) groups is 1. The van der Waals surface area contributed by atoms with Gasteiger partial charge in [-0.15, -0.1) is 5.10 Å². The van der Waals surface area contributed by atoms with Crippen LogP contribution in [0.1, 0.15) is 5.82 Å². The lowest BCUT2D eigenvalue weighted by atomic mass is 10.3. The smallest absolute Gasteiger partial charge is 0.208 e. The van der Waals surface area contributed by atoms with E-state index in [0.29, 0.717) is 6.61 Å². The fraction of sp³-hybridized carbons (Fsp3) is 0.273. The zero-order valence-electron chi connectivity index (χ0n) is 9.31. The summed E-state index contributed by atoms with van der Waals surface area (Å²) in [5.74, 6) is 2.54. The fourth-order valence-electron chi connectivity index (χ4n) is 1.21. The minimum Gasteiger partial charge on any atom is -0.493 e. The van der Waals surface area contributed by atoms with Gasteiger partial charge >= 0.3 is 0 Å². The van der Waals surface area contributed by atoms with Crippen LogP contribution in [0.2, 0.25) is 0 Å². The SMILES string of the molecule is Cc1nc(SCCOc2ccc(Br)cc2)n[nH]1. The maximum Gasteiger partial charge on any atom is 0.208 e. The number of aromatic amines is 1. The highest BCUT2D eigenvalue weighted by molar-refractivity contribution is 9.10. The molecule has 4 nitrogen and oxygen atoms in total. The van der Waals surface area contributed by atoms with Gasteiger partial charge in [0, 0.05) is 10.2 Å². The van der Waals surface area contributed by atoms with E-state index in [1.54, 1.807) is 11.8 Å². The third kappa shape index (κ3) is 4.05. The molecule has 0 atom stereocenters. The quantitative estimate of drug-likeness (QED) is 0.681. The standard InChI is InChI=1S/C11H12BrN3OS/c1-8-13-11(15-14-8)17-7-6-16-10-4-2-9(12)3-5-10/h2-5H,6-7H2,1H3,(H,13,14,15). The molecule has 1 aromatic carbocycles. The molecule has 0 bridgehead atoms. The van der Waals surface area contributed by atoms with Crippen molar-refractivity contribution in [2.45, 2.75) is 12.1 Å². The molecule has 0 saturated carbocycles. The second-order valence-corrected chi connectivity index (χ2v) is 5.33. The second kappa shape index (κ2) is 6.07. The predicted octanol–water partition coefficient (Wildman–Crippen LogP) is 3.05. The third-order valence-electron chi connectivity index (χ3n) is 1.97. The Kier molecular flexibility index (Phi) is 4.44. The molecule has 0 saturated heterocycles. The molecule has 0 radical (unpaired) electrons. The van der Waals surface area contributed by atoms with Crippen LogP contribution in [0.4, 0.5) is 0 Å². The highest BCUT2D eigenvalue weighted by atomic mass is 79.9. The Morgan fingerprint density at radius 3 is 2.76 bits per heavy atom. The minimum atomic E-state index is 0.639. The maximum absolute atomic E-state index is 5.58. The number of ether oxygens (including phenoxy) is 1. The lowest BCUT2D eigenvalue weighted by Crippen LogP contribution is -2.00. The van der Waals surface area contributed by atoms with Crippen molar-refractivity contribution in [3.05, 3.63) is 34.6 Å². The molecule has 0 fully saturated rings. The molecule has 0 amide bonds. The number of rotatable bonds is 5. The van der Waals surface area contributed by atoms with Crippen molar-refractivity contribution in [2.75, 3.05) is 12.4 Å². The van der Waals surface area contributed by atoms with Gasteiger partial charge < -0.3 is 4.74 Å². The lowest BCUT2D eigenvalue weighted by molar-refractivity contribution is 0.344. The van der Waals surface area contributed by atoms with Crippen molar-refractivity contribution in [1.82, 2.24) is 15.2 Å². The topological polar surface area (TPSA) is 50.8 Å². The number of benzene rings is 1. The highest BCUT2D eigenvalue weighted by Gasteiger charge is 2.00. The summed E-state index contributed by atoms with van der Waals surface area (Å²) in [5, 5.41) is 7.61. The summed E-state index contributed by atoms with van der Waals surface area (Å²) in [4.78, 5) is 4.20. The first-order chi connectivity index (χ1) is 8.24. The summed E-state index contributed by atoms with van der Waals surface area (Å²) in [6, 6.07) is 7.79. The normalized spacial score (nSPS) is 10.5. The summed E-state index contributed by atoms with van der Waals surface area (Å²) >= 11 is 4.96. The van der Waals surface area contributed by atoms with Gasteiger partial charge in [0.1, 0.15) is 11.6 Å². The zero-order chi connectivity index (χ0) is 12.1. The molecular formula is C11H12BrN3OS. The molecule has 0 aliphatic heterocycles. The molecule has 1 aromatic heterocycles. The van der Waals surface area contributed by atoms with Crippen LogP contribution >= 0.6 is 27.7 Å². The molecule has 1 heterocycles. The number of aryl methyl sites for hydroxylation is 1. The molecule has 1 N–H and O–H groups in total. The Morgan fingerprint density at radius 2 is 2.12 bits per heavy atom. The second-order valence-electron chi connectivity index (χ2n) is 3.35. The summed E-state index contributed by atoms with van der Waals surface area (Å²) in [5.41, 5.74) is 0. The molecule has 0 unspecified atom stereocenters. The van der Waals surface area contributed by atoms with Crippen molar-refractivity contribution in [2.24, 2.45) is 0 Å². The maximum atomic E-state index is 5.58. The zero-order valence-corrected chi connectivity index (χ0v) is 11.7. The Hall–Kier alpha value is -1.01. The van der Waals surface area contributed by atoms with Crippen molar-refractivity contribution < 1.29 is 4.74 Å². The number of nitrogens with one attached hydrogen (secondary N) is 1. The van der Waals surface area contributed by atoms with E-state index in [4.69, 9.17) is 4.74 Å². The van der Waals surface area contributed by atoms with Gasteiger partial charge in [-0.3, -0.25) is 5.10 Å². The fourth-order valence-corrected chi connectivity index (χ4v) is 2.14. The Labute approximate surface area is 112 Å². The molecule has 0 aliphatic rings. The average molecular weight is 314 g/mol. The Bertz CT molecular complexity index is 472. The first kappa shape index (κ1) is 12.4. The van der Waals surface area contributed by atoms with E-state index in [0.717, 1.165) is 27.0 Å². The van der Waals surface area contributed by atoms with Crippen LogP contribution in [0, 0.1) is 6.92 Å². The van der Waals surface area contributed by atoms with Gasteiger partial charge in [0.2, 0.25) is 5.16 Å². The van der Waals surface area contributed by atoms with Gasteiger partial charge in [-0.25, -0.2) is 4.98 Å². The van der Waals surface area contributed by atoms with Crippen LogP contribution in [0.15, 0.2) is 33.9 Å². The Morgan fingerprint density at radius 1 is 1.35 bits per heavy atom. The van der Waals surface area contributed by atoms with Crippen LogP contribution in [0.5, 0.6) is 5.75 Å². The van der Waals surface area contributed by atoms with Gasteiger partial charge in [-0.2, -0.15) is 0 Å². The number of hydrogen-bond donors (Lipinski definition) is 1. The summed E-state index contributed by atoms with van der Waals surface area (Å²) in [7, 11) is 0. The van der Waals surface area contributed by atoms with E-state index < -0.39 is 0 Å². The van der Waals surface area contributed by atoms with Gasteiger partial charge in [-0.1, -0.05) is 27.7 Å². The van der Waals surface area contributed by atoms with Crippen molar-refractivity contribution in [3.63, 3.8) is 0 Å². The molecule has 0 aliphatic carbocycles. The number of nitrogens with zero attached hydrogens (tertiary/aromatic N) is 2. The van der Waals surface area contributed by atoms with Crippen molar-refractivity contribution in [1.29, 1.82) is 0 Å². The number of H-pyrrole nitrogens is 1. The van der Waals surface area contributed by atoms with E-state index >= 15 is 0 Å². The molecule has 2 aromatic rings. The molecule has 0 spiro atoms. The average Bonchev–Trinajstić information content (AvgIpc) is 2.73. The van der Waals surface area contributed by atoms with Crippen LogP contribution in [0.25, 0.3) is 0 Å². The van der Waals surface area contributed by atoms with Crippen molar-refractivity contribution >= 4 is 27.7 Å². The van der Waals surface area contributed by atoms with Crippen molar-refractivity contribution in [3.8, 4) is 5.75 Å². The van der Waals surface area contributed by atoms with Gasteiger partial charge in [0.25, 0.3) is 0 Å². The van der Waals surface area contributed by atoms with Gasteiger partial charge in [0.15, 0.2) is 0 Å². The summed E-state index contributed by atoms with van der Waals surface area (Å²) in [6.07, 6.45) is 0. The first-order valence-electron chi connectivity index (χ1n) is 5.14. The first-order valence-corrected chi connectivity index (χ1v) is 6.92. The van der Waals surface area contributed by atoms with E-state index in [-0.39, 0.29) is 0 Å². The molecule has 90 valence electrons. The number of hydrogen-bond acceptors (Lipinski definition) is 4. The highest BCUT2D eigenvalue weighted by Crippen LogP contribution is 2.17. The van der Waals surface area contributed by atoms with E-state index in [1.807, 2.05) is 31.2 Å². The van der Waals surface area contributed by atoms with E-state index in [9.17, 15) is 0 Å². The minimum absolute atomic E-state index is 0.639. The van der Waals surface area contributed by atoms with Crippen LogP contribution in [0.3, 0.4) is 0 Å². The molecule has 6 heteroatoms. The monoisotopic (exact) mass is 313 g/mol. The number of halogens is 1. The number of aromatic nitrogens is 3. The van der Waals surface area contributed by atoms with E-state index in [2.05, 4.69) is 31.1 Å². The van der Waals surface area contributed by atoms with Gasteiger partial charge in [0.05, 0.1) is 6.61 Å². The lowest BCUT2D eigenvalue weighted by Gasteiger charge is -2.04. The third-order valence-corrected chi connectivity index (χ3v) is 3.31. The molecule has 2 rings (SSSR count). The summed E-state index contributed by atoms with van der Waals surface area (Å²) < 4.78 is 6.63. The largest absolute Gasteiger partial charge is 0.493 e. The van der Waals surface area contributed by atoms with E-state index in [1.165, 1.54) is 0 Å². The van der Waals surface area contributed by atoms with Crippen LogP contribution < -0.4 is 4.74 Å². The van der Waals surface area contributed by atoms with Crippen LogP contribution in [-0.2, 0) is 0 Å². The molecular weight excluding hydrogens is 302 g/mol. The predicted molar refractivity (Wildman–Crippen MR) is 71.5 cm³/mol. The summed E-state index contributed by atoms with van der Waals surface area (Å²) in [6.45, 7) is 2.52. The van der Waals surface area contributed by atoms with Crippen LogP contribution in [-0.4, -0.2) is 27.5 Å². The Balaban J connectivity index is 1.71. The molecule has 17 heavy (non-hydrogen) atoms.